The zero-order chi connectivity index (χ0) is 17.1. The van der Waals surface area contributed by atoms with Gasteiger partial charge in [0.1, 0.15) is 11.3 Å². The number of aromatic nitrogens is 3. The van der Waals surface area contributed by atoms with Crippen LogP contribution in [0.1, 0.15) is 38.1 Å². The lowest BCUT2D eigenvalue weighted by Gasteiger charge is -2.23. The fourth-order valence-electron chi connectivity index (χ4n) is 3.25. The van der Waals surface area contributed by atoms with Crippen molar-refractivity contribution in [3.05, 3.63) is 36.5 Å². The summed E-state index contributed by atoms with van der Waals surface area (Å²) in [5.74, 6) is 0.947. The number of anilines is 1. The minimum atomic E-state index is -0.0789. The van der Waals surface area contributed by atoms with Crippen molar-refractivity contribution >= 4 is 34.6 Å². The fraction of sp³-hybridized carbons (Fsp3) is 0.389. The van der Waals surface area contributed by atoms with Gasteiger partial charge in [0, 0.05) is 6.07 Å². The molecule has 0 unspecified atom stereocenters. The normalized spacial score (nSPS) is 15.5. The summed E-state index contributed by atoms with van der Waals surface area (Å²) in [7, 11) is 0. The quantitative estimate of drug-likeness (QED) is 0.692. The lowest BCUT2D eigenvalue weighted by atomic mass is 9.96. The van der Waals surface area contributed by atoms with E-state index in [0.717, 1.165) is 29.8 Å². The largest absolute Gasteiger partial charge is 0.431 e. The van der Waals surface area contributed by atoms with E-state index in [0.29, 0.717) is 11.3 Å². The van der Waals surface area contributed by atoms with E-state index in [1.165, 1.54) is 31.0 Å². The topological polar surface area (TPSA) is 73.0 Å². The van der Waals surface area contributed by atoms with Gasteiger partial charge in [-0.15, -0.1) is 0 Å². The fourth-order valence-corrected chi connectivity index (χ4v) is 3.89. The van der Waals surface area contributed by atoms with Crippen molar-refractivity contribution in [3.63, 3.8) is 0 Å². The summed E-state index contributed by atoms with van der Waals surface area (Å²) in [4.78, 5) is 16.7. The van der Waals surface area contributed by atoms with Gasteiger partial charge in [0.2, 0.25) is 5.91 Å². The number of fused-ring (bicyclic) bond motifs is 1. The van der Waals surface area contributed by atoms with Gasteiger partial charge < -0.3 is 9.73 Å². The molecule has 1 N–H and O–H groups in total. The highest BCUT2D eigenvalue weighted by molar-refractivity contribution is 7.99. The van der Waals surface area contributed by atoms with Gasteiger partial charge in [-0.2, -0.15) is 5.10 Å². The van der Waals surface area contributed by atoms with Crippen molar-refractivity contribution in [3.8, 4) is 0 Å². The van der Waals surface area contributed by atoms with Crippen molar-refractivity contribution < 1.29 is 9.21 Å². The Labute approximate surface area is 150 Å². The second-order valence-corrected chi connectivity index (χ2v) is 7.16. The zero-order valence-electron chi connectivity index (χ0n) is 13.9. The number of hydrogen-bond donors (Lipinski definition) is 1. The van der Waals surface area contributed by atoms with Crippen LogP contribution >= 0.6 is 11.8 Å². The number of para-hydroxylation sites is 2. The van der Waals surface area contributed by atoms with E-state index >= 15 is 0 Å². The Morgan fingerprint density at radius 2 is 2.08 bits per heavy atom. The predicted octanol–water partition coefficient (Wildman–Crippen LogP) is 4.26. The average molecular weight is 356 g/mol. The van der Waals surface area contributed by atoms with Crippen LogP contribution in [-0.4, -0.2) is 26.4 Å². The minimum Gasteiger partial charge on any atom is -0.431 e. The molecule has 0 saturated heterocycles. The minimum absolute atomic E-state index is 0.0789. The van der Waals surface area contributed by atoms with Gasteiger partial charge in [-0.3, -0.25) is 4.79 Å². The van der Waals surface area contributed by atoms with Crippen molar-refractivity contribution in [1.82, 2.24) is 14.8 Å². The number of oxazole rings is 1. The lowest BCUT2D eigenvalue weighted by molar-refractivity contribution is -0.113. The number of rotatable bonds is 5. The van der Waals surface area contributed by atoms with Crippen molar-refractivity contribution in [2.75, 3.05) is 11.1 Å². The lowest BCUT2D eigenvalue weighted by Crippen LogP contribution is -2.21. The highest BCUT2D eigenvalue weighted by Crippen LogP contribution is 2.30. The molecule has 0 spiro atoms. The van der Waals surface area contributed by atoms with Crippen molar-refractivity contribution in [2.24, 2.45) is 0 Å². The number of carbonyl (C=O) groups excluding carboxylic acids is 1. The molecule has 4 rings (SSSR count). The number of thioether (sulfide) groups is 1. The van der Waals surface area contributed by atoms with Gasteiger partial charge in [-0.05, 0) is 25.0 Å². The van der Waals surface area contributed by atoms with E-state index < -0.39 is 0 Å². The highest BCUT2D eigenvalue weighted by atomic mass is 32.2. The second-order valence-electron chi connectivity index (χ2n) is 6.24. The molecule has 1 aromatic carbocycles. The molecule has 2 aromatic heterocycles. The van der Waals surface area contributed by atoms with E-state index in [1.807, 2.05) is 35.0 Å². The van der Waals surface area contributed by atoms with Gasteiger partial charge in [0.05, 0.1) is 18.0 Å². The molecule has 0 atom stereocenters. The summed E-state index contributed by atoms with van der Waals surface area (Å²) < 4.78 is 7.59. The van der Waals surface area contributed by atoms with Crippen molar-refractivity contribution in [2.45, 2.75) is 43.4 Å². The Balaban J connectivity index is 1.37. The molecular formula is C18H20N4O2S. The van der Waals surface area contributed by atoms with Crippen molar-refractivity contribution in [1.29, 1.82) is 0 Å². The highest BCUT2D eigenvalue weighted by Gasteiger charge is 2.19. The van der Waals surface area contributed by atoms with Gasteiger partial charge >= 0.3 is 0 Å². The van der Waals surface area contributed by atoms with E-state index in [4.69, 9.17) is 4.42 Å². The molecule has 25 heavy (non-hydrogen) atoms. The van der Waals surface area contributed by atoms with E-state index in [-0.39, 0.29) is 11.7 Å². The Morgan fingerprint density at radius 3 is 2.92 bits per heavy atom. The van der Waals surface area contributed by atoms with E-state index in [9.17, 15) is 4.79 Å². The standard InChI is InChI=1S/C18H20N4O2S/c23-17(12-25-18-20-14-8-4-5-9-15(14)24-18)21-16-10-11-19-22(16)13-6-2-1-3-7-13/h4-5,8-11,13H,1-3,6-7,12H2,(H,21,23). The number of amides is 1. The summed E-state index contributed by atoms with van der Waals surface area (Å²) in [6.07, 6.45) is 7.75. The first kappa shape index (κ1) is 16.2. The Bertz CT molecular complexity index is 834. The third-order valence-corrected chi connectivity index (χ3v) is 5.29. The molecule has 3 aromatic rings. The summed E-state index contributed by atoms with van der Waals surface area (Å²) in [6, 6.07) is 9.83. The summed E-state index contributed by atoms with van der Waals surface area (Å²) in [5, 5.41) is 7.88. The van der Waals surface area contributed by atoms with Crippen LogP contribution in [0.5, 0.6) is 0 Å². The van der Waals surface area contributed by atoms with Crippen LogP contribution < -0.4 is 5.32 Å². The molecule has 7 heteroatoms. The molecular weight excluding hydrogens is 336 g/mol. The molecule has 0 radical (unpaired) electrons. The van der Waals surface area contributed by atoms with Crippen LogP contribution in [0.3, 0.4) is 0 Å². The predicted molar refractivity (Wildman–Crippen MR) is 97.7 cm³/mol. The summed E-state index contributed by atoms with van der Waals surface area (Å²) >= 11 is 1.30. The van der Waals surface area contributed by atoms with Crippen LogP contribution in [0, 0.1) is 0 Å². The first-order valence-electron chi connectivity index (χ1n) is 8.61. The molecule has 2 heterocycles. The number of nitrogens with zero attached hydrogens (tertiary/aromatic N) is 3. The SMILES string of the molecule is O=C(CSc1nc2ccccc2o1)Nc1ccnn1C1CCCCC1. The molecule has 1 fully saturated rings. The molecule has 0 aliphatic heterocycles. The number of hydrogen-bond acceptors (Lipinski definition) is 5. The monoisotopic (exact) mass is 356 g/mol. The van der Waals surface area contributed by atoms with Crippen LogP contribution in [0.2, 0.25) is 0 Å². The van der Waals surface area contributed by atoms with E-state index in [1.54, 1.807) is 6.20 Å². The molecule has 130 valence electrons. The average Bonchev–Trinajstić information content (AvgIpc) is 3.27. The second kappa shape index (κ2) is 7.31. The number of carbonyl (C=O) groups is 1. The molecule has 1 saturated carbocycles. The molecule has 1 amide bonds. The molecule has 1 aliphatic rings. The third-order valence-electron chi connectivity index (χ3n) is 4.46. The maximum absolute atomic E-state index is 12.3. The van der Waals surface area contributed by atoms with Gasteiger partial charge in [0.15, 0.2) is 5.58 Å². The van der Waals surface area contributed by atoms with Crippen LogP contribution in [0.25, 0.3) is 11.1 Å². The first-order chi connectivity index (χ1) is 12.3. The summed E-state index contributed by atoms with van der Waals surface area (Å²) in [6.45, 7) is 0. The number of nitrogens with one attached hydrogen (secondary N) is 1. The van der Waals surface area contributed by atoms with Crippen LogP contribution in [0.15, 0.2) is 46.2 Å². The zero-order valence-corrected chi connectivity index (χ0v) is 14.7. The Hall–Kier alpha value is -2.28. The van der Waals surface area contributed by atoms with E-state index in [2.05, 4.69) is 15.4 Å². The van der Waals surface area contributed by atoms with Crippen LogP contribution in [-0.2, 0) is 4.79 Å². The molecule has 6 nitrogen and oxygen atoms in total. The third kappa shape index (κ3) is 3.71. The van der Waals surface area contributed by atoms with Gasteiger partial charge in [-0.1, -0.05) is 43.2 Å². The maximum atomic E-state index is 12.3. The van der Waals surface area contributed by atoms with Gasteiger partial charge in [-0.25, -0.2) is 9.67 Å². The Kier molecular flexibility index (Phi) is 4.74. The maximum Gasteiger partial charge on any atom is 0.257 e. The van der Waals surface area contributed by atoms with Gasteiger partial charge in [0.25, 0.3) is 5.22 Å². The smallest absolute Gasteiger partial charge is 0.257 e. The molecule has 1 aliphatic carbocycles. The first-order valence-corrected chi connectivity index (χ1v) is 9.60. The Morgan fingerprint density at radius 1 is 1.24 bits per heavy atom. The number of benzene rings is 1. The summed E-state index contributed by atoms with van der Waals surface area (Å²) in [5.41, 5.74) is 1.54. The molecule has 0 bridgehead atoms. The van der Waals surface area contributed by atoms with Crippen LogP contribution in [0.4, 0.5) is 5.82 Å².